The molecule has 1 aromatic carbocycles. The number of nitrogens with one attached hydrogen (secondary N) is 2. The van der Waals surface area contributed by atoms with Gasteiger partial charge in [0.15, 0.2) is 0 Å². The van der Waals surface area contributed by atoms with Gasteiger partial charge >= 0.3 is 0 Å². The van der Waals surface area contributed by atoms with E-state index in [9.17, 15) is 14.9 Å². The summed E-state index contributed by atoms with van der Waals surface area (Å²) in [5.74, 6) is -0.727. The summed E-state index contributed by atoms with van der Waals surface area (Å²) in [6.45, 7) is 0. The van der Waals surface area contributed by atoms with Crippen LogP contribution in [0.15, 0.2) is 42.9 Å². The molecule has 8 heteroatoms. The van der Waals surface area contributed by atoms with E-state index in [4.69, 9.17) is 0 Å². The van der Waals surface area contributed by atoms with Gasteiger partial charge in [0.2, 0.25) is 5.91 Å². The number of amides is 2. The average molecular weight is 433 g/mol. The van der Waals surface area contributed by atoms with Gasteiger partial charge in [0.1, 0.15) is 11.7 Å². The number of fused-ring (bicyclic) bond motifs is 1. The molecule has 0 radical (unpaired) electrons. The van der Waals surface area contributed by atoms with Gasteiger partial charge in [-0.1, -0.05) is 31.0 Å². The molecule has 2 amide bonds. The van der Waals surface area contributed by atoms with Crippen LogP contribution in [-0.2, 0) is 25.3 Å². The largest absolute Gasteiger partial charge is 0.347 e. The van der Waals surface area contributed by atoms with Crippen molar-refractivity contribution in [1.82, 2.24) is 24.8 Å². The maximum Gasteiger partial charge on any atom is 0.268 e. The van der Waals surface area contributed by atoms with Crippen LogP contribution < -0.4 is 10.6 Å². The van der Waals surface area contributed by atoms with Crippen LogP contribution in [0, 0.1) is 17.2 Å². The highest BCUT2D eigenvalue weighted by molar-refractivity contribution is 5.99. The predicted octanol–water partition coefficient (Wildman–Crippen LogP) is 2.45. The summed E-state index contributed by atoms with van der Waals surface area (Å²) in [5.41, 5.74) is 2.31. The summed E-state index contributed by atoms with van der Waals surface area (Å²) in [5, 5.41) is 16.5. The van der Waals surface area contributed by atoms with Crippen molar-refractivity contribution in [1.29, 1.82) is 5.26 Å². The highest BCUT2D eigenvalue weighted by atomic mass is 16.2. The van der Waals surface area contributed by atoms with Crippen LogP contribution in [0.3, 0.4) is 0 Å². The molecule has 1 aliphatic carbocycles. The molecule has 8 nitrogen and oxygen atoms in total. The Hall–Kier alpha value is -3.60. The number of aryl methyl sites for hydroxylation is 2. The fourth-order valence-electron chi connectivity index (χ4n) is 4.56. The molecule has 0 aliphatic heterocycles. The zero-order valence-corrected chi connectivity index (χ0v) is 18.4. The van der Waals surface area contributed by atoms with Crippen LogP contribution in [0.5, 0.6) is 0 Å². The minimum atomic E-state index is -0.658. The van der Waals surface area contributed by atoms with E-state index in [0.717, 1.165) is 35.9 Å². The van der Waals surface area contributed by atoms with Crippen LogP contribution in [0.25, 0.3) is 10.9 Å². The number of nitrogens with zero attached hydrogens (tertiary/aromatic N) is 4. The van der Waals surface area contributed by atoms with Crippen molar-refractivity contribution in [3.05, 3.63) is 54.2 Å². The van der Waals surface area contributed by atoms with E-state index in [1.54, 1.807) is 6.33 Å². The van der Waals surface area contributed by atoms with Gasteiger partial charge in [-0.25, -0.2) is 4.98 Å². The number of hydrogen-bond acceptors (Lipinski definition) is 4. The molecule has 1 saturated carbocycles. The highest BCUT2D eigenvalue weighted by Crippen LogP contribution is 2.26. The van der Waals surface area contributed by atoms with Crippen molar-refractivity contribution in [2.75, 3.05) is 0 Å². The van der Waals surface area contributed by atoms with E-state index in [2.05, 4.69) is 21.7 Å². The van der Waals surface area contributed by atoms with Gasteiger partial charge in [-0.05, 0) is 25.0 Å². The number of aromatic nitrogens is 3. The lowest BCUT2D eigenvalue weighted by Crippen LogP contribution is -2.50. The van der Waals surface area contributed by atoms with Gasteiger partial charge in [-0.15, -0.1) is 0 Å². The maximum absolute atomic E-state index is 13.1. The Morgan fingerprint density at radius 2 is 2.03 bits per heavy atom. The normalized spacial score (nSPS) is 19.3. The Bertz CT molecular complexity index is 1170. The summed E-state index contributed by atoms with van der Waals surface area (Å²) in [6.07, 6.45) is 7.17. The third-order valence-corrected chi connectivity index (χ3v) is 6.25. The molecule has 1 aliphatic rings. The molecule has 2 aromatic heterocycles. The maximum atomic E-state index is 13.1. The topological polar surface area (TPSA) is 105 Å². The summed E-state index contributed by atoms with van der Waals surface area (Å²) in [7, 11) is 3.74. The van der Waals surface area contributed by atoms with E-state index < -0.39 is 6.04 Å². The van der Waals surface area contributed by atoms with Crippen molar-refractivity contribution in [2.24, 2.45) is 20.0 Å². The first-order valence-electron chi connectivity index (χ1n) is 11.0. The van der Waals surface area contributed by atoms with Crippen molar-refractivity contribution in [2.45, 2.75) is 44.2 Å². The number of hydrogen-bond donors (Lipinski definition) is 2. The highest BCUT2D eigenvalue weighted by Gasteiger charge is 2.33. The molecule has 2 N–H and O–H groups in total. The van der Waals surface area contributed by atoms with E-state index in [1.807, 2.05) is 59.8 Å². The molecule has 4 rings (SSSR count). The molecule has 3 aromatic rings. The Morgan fingerprint density at radius 3 is 2.75 bits per heavy atom. The number of carbonyl (C=O) groups excluding carboxylic acids is 2. The second-order valence-electron chi connectivity index (χ2n) is 8.54. The molecule has 0 spiro atoms. The van der Waals surface area contributed by atoms with Crippen molar-refractivity contribution >= 4 is 22.7 Å². The molecular formula is C24H28N6O2. The van der Waals surface area contributed by atoms with E-state index in [1.165, 1.54) is 0 Å². The third-order valence-electron chi connectivity index (χ3n) is 6.25. The number of imidazole rings is 1. The molecular weight excluding hydrogens is 404 g/mol. The van der Waals surface area contributed by atoms with Crippen molar-refractivity contribution < 1.29 is 9.59 Å². The fraction of sp³-hybridized carbons (Fsp3) is 0.417. The van der Waals surface area contributed by atoms with Gasteiger partial charge in [0.05, 0.1) is 24.0 Å². The Labute approximate surface area is 187 Å². The van der Waals surface area contributed by atoms with E-state index >= 15 is 0 Å². The monoisotopic (exact) mass is 432 g/mol. The first kappa shape index (κ1) is 21.6. The number of rotatable bonds is 6. The first-order chi connectivity index (χ1) is 15.5. The van der Waals surface area contributed by atoms with Gasteiger partial charge in [-0.3, -0.25) is 9.59 Å². The smallest absolute Gasteiger partial charge is 0.268 e. The Morgan fingerprint density at radius 1 is 1.25 bits per heavy atom. The standard InChI is InChI=1S/C24H28N6O2/c1-29-14-18(26-15-29)12-17(13-25)27-23(31)19-8-4-5-9-20(19)28-24(32)22-11-16-7-3-6-10-21(16)30(22)2/h3,6-7,10-11,14-15,17,19-20H,4-5,8-9,12H2,1-2H3,(H,27,31)(H,28,32)/t17-,19+,20-/m0/s1. The SMILES string of the molecule is Cn1cnc(C[C@@H](C#N)NC(=O)[C@@H]2CCCC[C@@H]2NC(=O)c2cc3ccccc3n2C)c1. The Balaban J connectivity index is 1.44. The summed E-state index contributed by atoms with van der Waals surface area (Å²) in [6, 6.07) is 11.0. The molecule has 32 heavy (non-hydrogen) atoms. The molecule has 1 fully saturated rings. The van der Waals surface area contributed by atoms with Gasteiger partial charge in [0, 0.05) is 43.7 Å². The van der Waals surface area contributed by atoms with Crippen LogP contribution in [0.2, 0.25) is 0 Å². The van der Waals surface area contributed by atoms with Crippen LogP contribution in [0.4, 0.5) is 0 Å². The summed E-state index contributed by atoms with van der Waals surface area (Å²) < 4.78 is 3.69. The van der Waals surface area contributed by atoms with Crippen molar-refractivity contribution in [3.63, 3.8) is 0 Å². The molecule has 166 valence electrons. The average Bonchev–Trinajstić information content (AvgIpc) is 3.36. The quantitative estimate of drug-likeness (QED) is 0.624. The first-order valence-corrected chi connectivity index (χ1v) is 11.0. The predicted molar refractivity (Wildman–Crippen MR) is 121 cm³/mol. The van der Waals surface area contributed by atoms with Crippen molar-refractivity contribution in [3.8, 4) is 6.07 Å². The number of para-hydroxylation sites is 1. The minimum Gasteiger partial charge on any atom is -0.347 e. The zero-order valence-electron chi connectivity index (χ0n) is 18.4. The third kappa shape index (κ3) is 4.52. The number of nitriles is 1. The van der Waals surface area contributed by atoms with Crippen LogP contribution in [-0.4, -0.2) is 38.0 Å². The molecule has 2 heterocycles. The minimum absolute atomic E-state index is 0.182. The molecule has 0 saturated heterocycles. The van der Waals surface area contributed by atoms with Gasteiger partial charge in [-0.2, -0.15) is 5.26 Å². The second kappa shape index (κ2) is 9.27. The van der Waals surface area contributed by atoms with Gasteiger partial charge < -0.3 is 19.8 Å². The summed E-state index contributed by atoms with van der Waals surface area (Å²) >= 11 is 0. The van der Waals surface area contributed by atoms with E-state index in [0.29, 0.717) is 18.5 Å². The van der Waals surface area contributed by atoms with Crippen LogP contribution in [0.1, 0.15) is 41.9 Å². The lowest BCUT2D eigenvalue weighted by atomic mass is 9.83. The van der Waals surface area contributed by atoms with Crippen LogP contribution >= 0.6 is 0 Å². The summed E-state index contributed by atoms with van der Waals surface area (Å²) in [4.78, 5) is 30.4. The molecule has 0 bridgehead atoms. The fourth-order valence-corrected chi connectivity index (χ4v) is 4.56. The zero-order chi connectivity index (χ0) is 22.7. The van der Waals surface area contributed by atoms with Gasteiger partial charge in [0.25, 0.3) is 5.91 Å². The Kier molecular flexibility index (Phi) is 6.26. The molecule has 0 unspecified atom stereocenters. The number of carbonyl (C=O) groups is 2. The lowest BCUT2D eigenvalue weighted by Gasteiger charge is -2.31. The second-order valence-corrected chi connectivity index (χ2v) is 8.54. The lowest BCUT2D eigenvalue weighted by molar-refractivity contribution is -0.127. The van der Waals surface area contributed by atoms with E-state index in [-0.39, 0.29) is 23.8 Å². The molecule has 3 atom stereocenters. The number of benzene rings is 1.